The number of aliphatic hydroxyl groups is 1. The summed E-state index contributed by atoms with van der Waals surface area (Å²) in [6.45, 7) is 2.21. The van der Waals surface area contributed by atoms with Gasteiger partial charge in [-0.2, -0.15) is 11.8 Å². The number of aliphatic hydroxyl groups excluding tert-OH is 1. The van der Waals surface area contributed by atoms with E-state index in [1.807, 2.05) is 31.2 Å². The van der Waals surface area contributed by atoms with Crippen LogP contribution in [0.5, 0.6) is 0 Å². The Morgan fingerprint density at radius 3 is 3.00 bits per heavy atom. The summed E-state index contributed by atoms with van der Waals surface area (Å²) in [5.41, 5.74) is 1.99. The lowest BCUT2D eigenvalue weighted by molar-refractivity contribution is 0.289. The van der Waals surface area contributed by atoms with Crippen LogP contribution in [0.3, 0.4) is 0 Å². The Balaban J connectivity index is 2.18. The number of nitrogens with zero attached hydrogens (tertiary/aromatic N) is 1. The van der Waals surface area contributed by atoms with Crippen molar-refractivity contribution in [1.82, 2.24) is 9.97 Å². The Kier molecular flexibility index (Phi) is 4.38. The van der Waals surface area contributed by atoms with Gasteiger partial charge in [-0.1, -0.05) is 19.1 Å². The molecule has 1 heterocycles. The van der Waals surface area contributed by atoms with Gasteiger partial charge in [-0.3, -0.25) is 4.79 Å². The average Bonchev–Trinajstić information content (AvgIpc) is 2.36. The molecule has 0 radical (unpaired) electrons. The topological polar surface area (TPSA) is 66.0 Å². The number of aromatic nitrogens is 2. The molecule has 0 bridgehead atoms. The van der Waals surface area contributed by atoms with Crippen LogP contribution in [0.15, 0.2) is 29.1 Å². The zero-order valence-corrected chi connectivity index (χ0v) is 11.0. The van der Waals surface area contributed by atoms with Crippen molar-refractivity contribution in [3.8, 4) is 0 Å². The Morgan fingerprint density at radius 2 is 2.22 bits per heavy atom. The SMILES string of the molecule is CC(CCO)SCc1nc2ccccc2[nH]c1=O. The largest absolute Gasteiger partial charge is 0.396 e. The first-order valence-electron chi connectivity index (χ1n) is 5.91. The predicted octanol–water partition coefficient (Wildman–Crippen LogP) is 1.93. The van der Waals surface area contributed by atoms with Gasteiger partial charge in [-0.15, -0.1) is 0 Å². The highest BCUT2D eigenvalue weighted by Crippen LogP contribution is 2.18. The monoisotopic (exact) mass is 264 g/mol. The van der Waals surface area contributed by atoms with Gasteiger partial charge in [0.15, 0.2) is 0 Å². The lowest BCUT2D eigenvalue weighted by Crippen LogP contribution is -2.15. The summed E-state index contributed by atoms with van der Waals surface area (Å²) in [4.78, 5) is 19.0. The van der Waals surface area contributed by atoms with Gasteiger partial charge in [0.1, 0.15) is 5.69 Å². The first kappa shape index (κ1) is 13.1. The van der Waals surface area contributed by atoms with Crippen molar-refractivity contribution in [3.63, 3.8) is 0 Å². The van der Waals surface area contributed by atoms with Crippen LogP contribution in [0, 0.1) is 0 Å². The molecule has 0 fully saturated rings. The molecule has 0 saturated heterocycles. The maximum atomic E-state index is 11.8. The van der Waals surface area contributed by atoms with E-state index in [0.29, 0.717) is 16.7 Å². The van der Waals surface area contributed by atoms with E-state index >= 15 is 0 Å². The van der Waals surface area contributed by atoms with Crippen molar-refractivity contribution < 1.29 is 5.11 Å². The average molecular weight is 264 g/mol. The van der Waals surface area contributed by atoms with E-state index in [1.165, 1.54) is 0 Å². The Hall–Kier alpha value is -1.33. The molecule has 5 heteroatoms. The molecular weight excluding hydrogens is 248 g/mol. The van der Waals surface area contributed by atoms with E-state index in [1.54, 1.807) is 11.8 Å². The predicted molar refractivity (Wildman–Crippen MR) is 74.8 cm³/mol. The molecule has 0 aliphatic rings. The Labute approximate surface area is 109 Å². The molecule has 0 saturated carbocycles. The Bertz CT molecular complexity index is 582. The van der Waals surface area contributed by atoms with Gasteiger partial charge < -0.3 is 10.1 Å². The van der Waals surface area contributed by atoms with Crippen LogP contribution < -0.4 is 5.56 Å². The highest BCUT2D eigenvalue weighted by molar-refractivity contribution is 7.99. The van der Waals surface area contributed by atoms with Crippen molar-refractivity contribution in [1.29, 1.82) is 0 Å². The molecule has 1 aromatic heterocycles. The van der Waals surface area contributed by atoms with Gasteiger partial charge in [0.25, 0.3) is 5.56 Å². The summed E-state index contributed by atoms with van der Waals surface area (Å²) in [6.07, 6.45) is 0.732. The van der Waals surface area contributed by atoms with Crippen molar-refractivity contribution in [3.05, 3.63) is 40.3 Å². The van der Waals surface area contributed by atoms with E-state index in [2.05, 4.69) is 9.97 Å². The van der Waals surface area contributed by atoms with Crippen molar-refractivity contribution in [2.75, 3.05) is 6.61 Å². The molecule has 1 aromatic carbocycles. The zero-order chi connectivity index (χ0) is 13.0. The van der Waals surface area contributed by atoms with Crippen molar-refractivity contribution in [2.45, 2.75) is 24.3 Å². The van der Waals surface area contributed by atoms with E-state index < -0.39 is 0 Å². The smallest absolute Gasteiger partial charge is 0.270 e. The highest BCUT2D eigenvalue weighted by Gasteiger charge is 2.07. The van der Waals surface area contributed by atoms with Gasteiger partial charge in [0, 0.05) is 17.6 Å². The number of aromatic amines is 1. The number of thioether (sulfide) groups is 1. The normalized spacial score (nSPS) is 12.8. The fourth-order valence-electron chi connectivity index (χ4n) is 1.65. The van der Waals surface area contributed by atoms with Gasteiger partial charge in [0.05, 0.1) is 11.0 Å². The summed E-state index contributed by atoms with van der Waals surface area (Å²) >= 11 is 1.63. The highest BCUT2D eigenvalue weighted by atomic mass is 32.2. The maximum absolute atomic E-state index is 11.8. The van der Waals surface area contributed by atoms with Crippen LogP contribution in [-0.4, -0.2) is 26.9 Å². The van der Waals surface area contributed by atoms with E-state index in [-0.39, 0.29) is 12.2 Å². The number of H-pyrrole nitrogens is 1. The fraction of sp³-hybridized carbons (Fsp3) is 0.385. The first-order chi connectivity index (χ1) is 8.70. The quantitative estimate of drug-likeness (QED) is 0.866. The number of rotatable bonds is 5. The molecule has 18 heavy (non-hydrogen) atoms. The van der Waals surface area contributed by atoms with Gasteiger partial charge in [0.2, 0.25) is 0 Å². The summed E-state index contributed by atoms with van der Waals surface area (Å²) in [7, 11) is 0. The molecule has 0 spiro atoms. The number of nitrogens with one attached hydrogen (secondary N) is 1. The van der Waals surface area contributed by atoms with Crippen LogP contribution in [0.2, 0.25) is 0 Å². The third-order valence-corrected chi connectivity index (χ3v) is 3.95. The second kappa shape index (κ2) is 6.02. The van der Waals surface area contributed by atoms with Crippen LogP contribution in [0.4, 0.5) is 0 Å². The third kappa shape index (κ3) is 3.11. The zero-order valence-electron chi connectivity index (χ0n) is 10.2. The minimum Gasteiger partial charge on any atom is -0.396 e. The molecule has 1 unspecified atom stereocenters. The lowest BCUT2D eigenvalue weighted by atomic mass is 10.3. The molecular formula is C13H16N2O2S. The third-order valence-electron chi connectivity index (χ3n) is 2.71. The maximum Gasteiger partial charge on any atom is 0.270 e. The van der Waals surface area contributed by atoms with Gasteiger partial charge in [-0.05, 0) is 18.6 Å². The van der Waals surface area contributed by atoms with Crippen molar-refractivity contribution >= 4 is 22.8 Å². The number of fused-ring (bicyclic) bond motifs is 1. The fourth-order valence-corrected chi connectivity index (χ4v) is 2.56. The molecule has 96 valence electrons. The van der Waals surface area contributed by atoms with Gasteiger partial charge in [-0.25, -0.2) is 4.98 Å². The number of hydrogen-bond donors (Lipinski definition) is 2. The molecule has 2 N–H and O–H groups in total. The van der Waals surface area contributed by atoms with Crippen LogP contribution in [0.25, 0.3) is 11.0 Å². The Morgan fingerprint density at radius 1 is 1.44 bits per heavy atom. The van der Waals surface area contributed by atoms with E-state index in [0.717, 1.165) is 17.5 Å². The number of para-hydroxylation sites is 2. The molecule has 4 nitrogen and oxygen atoms in total. The lowest BCUT2D eigenvalue weighted by Gasteiger charge is -2.08. The van der Waals surface area contributed by atoms with Crippen molar-refractivity contribution in [2.24, 2.45) is 0 Å². The summed E-state index contributed by atoms with van der Waals surface area (Å²) in [5.74, 6) is 0.571. The standard InChI is InChI=1S/C13H16N2O2S/c1-9(6-7-16)18-8-12-13(17)15-11-5-3-2-4-10(11)14-12/h2-5,9,16H,6-8H2,1H3,(H,15,17). The molecule has 2 rings (SSSR count). The molecule has 2 aromatic rings. The second-order valence-electron chi connectivity index (χ2n) is 4.16. The minimum atomic E-state index is -0.127. The number of hydrogen-bond acceptors (Lipinski definition) is 4. The minimum absolute atomic E-state index is 0.127. The molecule has 1 atom stereocenters. The van der Waals surface area contributed by atoms with Crippen LogP contribution >= 0.6 is 11.8 Å². The van der Waals surface area contributed by atoms with Crippen LogP contribution in [0.1, 0.15) is 19.0 Å². The van der Waals surface area contributed by atoms with E-state index in [9.17, 15) is 4.79 Å². The van der Waals surface area contributed by atoms with E-state index in [4.69, 9.17) is 5.11 Å². The molecule has 0 aliphatic carbocycles. The molecule has 0 amide bonds. The number of benzene rings is 1. The van der Waals surface area contributed by atoms with Crippen LogP contribution in [-0.2, 0) is 5.75 Å². The summed E-state index contributed by atoms with van der Waals surface area (Å²) < 4.78 is 0. The first-order valence-corrected chi connectivity index (χ1v) is 6.96. The molecule has 0 aliphatic heterocycles. The second-order valence-corrected chi connectivity index (χ2v) is 5.59. The summed E-state index contributed by atoms with van der Waals surface area (Å²) in [5, 5.41) is 9.15. The van der Waals surface area contributed by atoms with Gasteiger partial charge >= 0.3 is 0 Å². The summed E-state index contributed by atoms with van der Waals surface area (Å²) in [6, 6.07) is 7.50.